The van der Waals surface area contributed by atoms with Crippen LogP contribution >= 0.6 is 0 Å². The molecule has 1 aromatic heterocycles. The van der Waals surface area contributed by atoms with Crippen molar-refractivity contribution in [2.24, 2.45) is 0 Å². The van der Waals surface area contributed by atoms with E-state index in [1.807, 2.05) is 30.5 Å². The number of nitrogens with zero attached hydrogens (tertiary/aromatic N) is 1. The third-order valence-electron chi connectivity index (χ3n) is 4.43. The molecule has 2 aromatic rings. The minimum atomic E-state index is 0.198. The second kappa shape index (κ2) is 5.70. The Morgan fingerprint density at radius 1 is 1.30 bits per heavy atom. The number of hydrogen-bond donors (Lipinski definition) is 1. The fraction of sp³-hybridized carbons (Fsp3) is 0.471. The first kappa shape index (κ1) is 13.2. The summed E-state index contributed by atoms with van der Waals surface area (Å²) in [5.41, 5.74) is 1.88. The van der Waals surface area contributed by atoms with Crippen LogP contribution in [0.4, 0.5) is 0 Å². The van der Waals surface area contributed by atoms with Crippen LogP contribution in [0.2, 0.25) is 0 Å². The van der Waals surface area contributed by atoms with E-state index in [1.54, 1.807) is 0 Å². The van der Waals surface area contributed by atoms with Crippen LogP contribution in [-0.4, -0.2) is 28.4 Å². The second-order valence-corrected chi connectivity index (χ2v) is 5.65. The maximum Gasteiger partial charge on any atom is 0.254 e. The summed E-state index contributed by atoms with van der Waals surface area (Å²) in [7, 11) is 0. The van der Waals surface area contributed by atoms with Crippen molar-refractivity contribution < 1.29 is 4.79 Å². The SMILES string of the molecule is CCC1CCCCCN1C(=O)c1cccc2[nH]ccc12. The van der Waals surface area contributed by atoms with Crippen LogP contribution in [0, 0.1) is 0 Å². The van der Waals surface area contributed by atoms with Gasteiger partial charge in [0.25, 0.3) is 5.91 Å². The van der Waals surface area contributed by atoms with Crippen molar-refractivity contribution in [2.75, 3.05) is 6.54 Å². The molecule has 20 heavy (non-hydrogen) atoms. The summed E-state index contributed by atoms with van der Waals surface area (Å²) in [6.07, 6.45) is 7.72. The van der Waals surface area contributed by atoms with Gasteiger partial charge in [-0.2, -0.15) is 0 Å². The van der Waals surface area contributed by atoms with Crippen molar-refractivity contribution in [3.05, 3.63) is 36.0 Å². The number of nitrogens with one attached hydrogen (secondary N) is 1. The minimum absolute atomic E-state index is 0.198. The van der Waals surface area contributed by atoms with Crippen LogP contribution in [-0.2, 0) is 0 Å². The molecule has 1 unspecified atom stereocenters. The van der Waals surface area contributed by atoms with E-state index in [-0.39, 0.29) is 5.91 Å². The average Bonchev–Trinajstić information content (AvgIpc) is 2.83. The number of amides is 1. The number of rotatable bonds is 2. The number of hydrogen-bond acceptors (Lipinski definition) is 1. The van der Waals surface area contributed by atoms with E-state index >= 15 is 0 Å². The fourth-order valence-electron chi connectivity index (χ4n) is 3.30. The number of aromatic amines is 1. The Labute approximate surface area is 120 Å². The summed E-state index contributed by atoms with van der Waals surface area (Å²) in [6, 6.07) is 8.34. The van der Waals surface area contributed by atoms with Gasteiger partial charge < -0.3 is 9.88 Å². The van der Waals surface area contributed by atoms with Gasteiger partial charge >= 0.3 is 0 Å². The maximum atomic E-state index is 12.9. The standard InChI is InChI=1S/C17H22N2O/c1-2-13-7-4-3-5-12-19(13)17(20)15-8-6-9-16-14(15)10-11-18-16/h6,8-11,13,18H,2-5,7,12H2,1H3. The smallest absolute Gasteiger partial charge is 0.254 e. The molecule has 1 aliphatic rings. The van der Waals surface area contributed by atoms with Crippen molar-refractivity contribution in [3.63, 3.8) is 0 Å². The zero-order valence-corrected chi connectivity index (χ0v) is 12.1. The highest BCUT2D eigenvalue weighted by atomic mass is 16.2. The molecule has 0 spiro atoms. The quantitative estimate of drug-likeness (QED) is 0.881. The molecule has 0 saturated carbocycles. The summed E-state index contributed by atoms with van der Waals surface area (Å²) < 4.78 is 0. The van der Waals surface area contributed by atoms with E-state index in [1.165, 1.54) is 12.8 Å². The molecule has 1 atom stereocenters. The average molecular weight is 270 g/mol. The molecule has 1 saturated heterocycles. The van der Waals surface area contributed by atoms with Crippen molar-refractivity contribution in [2.45, 2.75) is 45.1 Å². The maximum absolute atomic E-state index is 12.9. The summed E-state index contributed by atoms with van der Waals surface area (Å²) >= 11 is 0. The second-order valence-electron chi connectivity index (χ2n) is 5.65. The van der Waals surface area contributed by atoms with Crippen LogP contribution < -0.4 is 0 Å². The summed E-state index contributed by atoms with van der Waals surface area (Å²) in [6.45, 7) is 3.09. The van der Waals surface area contributed by atoms with Crippen molar-refractivity contribution >= 4 is 16.8 Å². The Balaban J connectivity index is 1.96. The van der Waals surface area contributed by atoms with Crippen molar-refractivity contribution in [1.29, 1.82) is 0 Å². The topological polar surface area (TPSA) is 36.1 Å². The van der Waals surface area contributed by atoms with E-state index < -0.39 is 0 Å². The predicted octanol–water partition coefficient (Wildman–Crippen LogP) is 3.96. The molecule has 1 aliphatic heterocycles. The van der Waals surface area contributed by atoms with Crippen LogP contribution in [0.25, 0.3) is 10.9 Å². The number of carbonyl (C=O) groups is 1. The van der Waals surface area contributed by atoms with Gasteiger partial charge in [-0.25, -0.2) is 0 Å². The van der Waals surface area contributed by atoms with E-state index in [0.29, 0.717) is 6.04 Å². The number of likely N-dealkylation sites (tertiary alicyclic amines) is 1. The zero-order valence-electron chi connectivity index (χ0n) is 12.1. The zero-order chi connectivity index (χ0) is 13.9. The molecule has 0 bridgehead atoms. The van der Waals surface area contributed by atoms with Gasteiger partial charge in [0, 0.05) is 35.2 Å². The van der Waals surface area contributed by atoms with Gasteiger partial charge in [0.15, 0.2) is 0 Å². The first-order chi connectivity index (χ1) is 9.81. The van der Waals surface area contributed by atoms with Crippen LogP contribution in [0.1, 0.15) is 49.4 Å². The molecule has 0 radical (unpaired) electrons. The molecule has 3 heteroatoms. The highest BCUT2D eigenvalue weighted by Gasteiger charge is 2.25. The molecule has 1 amide bonds. The summed E-state index contributed by atoms with van der Waals surface area (Å²) in [5.74, 6) is 0.198. The van der Waals surface area contributed by atoms with Gasteiger partial charge in [-0.3, -0.25) is 4.79 Å². The van der Waals surface area contributed by atoms with Crippen LogP contribution in [0.15, 0.2) is 30.5 Å². The van der Waals surface area contributed by atoms with E-state index in [0.717, 1.165) is 42.3 Å². The predicted molar refractivity (Wildman–Crippen MR) is 81.9 cm³/mol. The molecule has 0 aliphatic carbocycles. The van der Waals surface area contributed by atoms with Gasteiger partial charge in [0.05, 0.1) is 0 Å². The highest BCUT2D eigenvalue weighted by molar-refractivity contribution is 6.06. The Morgan fingerprint density at radius 3 is 3.05 bits per heavy atom. The van der Waals surface area contributed by atoms with E-state index in [9.17, 15) is 4.79 Å². The van der Waals surface area contributed by atoms with Crippen LogP contribution in [0.5, 0.6) is 0 Å². The normalized spacial score (nSPS) is 20.1. The first-order valence-corrected chi connectivity index (χ1v) is 7.68. The number of carbonyl (C=O) groups excluding carboxylic acids is 1. The molecular formula is C17H22N2O. The Kier molecular flexibility index (Phi) is 3.77. The third-order valence-corrected chi connectivity index (χ3v) is 4.43. The Morgan fingerprint density at radius 2 is 2.20 bits per heavy atom. The van der Waals surface area contributed by atoms with Crippen molar-refractivity contribution in [3.8, 4) is 0 Å². The molecule has 1 N–H and O–H groups in total. The Hall–Kier alpha value is -1.77. The molecule has 3 nitrogen and oxygen atoms in total. The lowest BCUT2D eigenvalue weighted by Crippen LogP contribution is -2.39. The molecule has 3 rings (SSSR count). The summed E-state index contributed by atoms with van der Waals surface area (Å²) in [4.78, 5) is 18.2. The Bertz CT molecular complexity index is 602. The fourth-order valence-corrected chi connectivity index (χ4v) is 3.30. The van der Waals surface area contributed by atoms with Gasteiger partial charge in [0.1, 0.15) is 0 Å². The van der Waals surface area contributed by atoms with Crippen molar-refractivity contribution in [1.82, 2.24) is 9.88 Å². The number of aromatic nitrogens is 1. The number of fused-ring (bicyclic) bond motifs is 1. The van der Waals surface area contributed by atoms with Gasteiger partial charge in [-0.1, -0.05) is 25.8 Å². The first-order valence-electron chi connectivity index (χ1n) is 7.68. The summed E-state index contributed by atoms with van der Waals surface area (Å²) in [5, 5.41) is 1.04. The monoisotopic (exact) mass is 270 g/mol. The lowest BCUT2D eigenvalue weighted by atomic mass is 10.0. The molecule has 1 aromatic carbocycles. The van der Waals surface area contributed by atoms with Gasteiger partial charge in [-0.15, -0.1) is 0 Å². The lowest BCUT2D eigenvalue weighted by molar-refractivity contribution is 0.0680. The third kappa shape index (κ3) is 2.33. The van der Waals surface area contributed by atoms with Gasteiger partial charge in [0.2, 0.25) is 0 Å². The van der Waals surface area contributed by atoms with Gasteiger partial charge in [-0.05, 0) is 37.5 Å². The minimum Gasteiger partial charge on any atom is -0.361 e. The number of H-pyrrole nitrogens is 1. The van der Waals surface area contributed by atoms with Crippen LogP contribution in [0.3, 0.4) is 0 Å². The highest BCUT2D eigenvalue weighted by Crippen LogP contribution is 2.24. The largest absolute Gasteiger partial charge is 0.361 e. The van der Waals surface area contributed by atoms with E-state index in [4.69, 9.17) is 0 Å². The molecular weight excluding hydrogens is 248 g/mol. The molecule has 106 valence electrons. The molecule has 1 fully saturated rings. The lowest BCUT2D eigenvalue weighted by Gasteiger charge is -2.29. The molecule has 2 heterocycles. The van der Waals surface area contributed by atoms with E-state index in [2.05, 4.69) is 16.8 Å². The number of benzene rings is 1.